The van der Waals surface area contributed by atoms with E-state index in [-0.39, 0.29) is 11.8 Å². The lowest BCUT2D eigenvalue weighted by Crippen LogP contribution is -2.30. The molecule has 0 aromatic rings. The molecule has 3 rings (SSSR count). The van der Waals surface area contributed by atoms with Crippen molar-refractivity contribution in [2.75, 3.05) is 5.75 Å². The van der Waals surface area contributed by atoms with Crippen LogP contribution in [-0.4, -0.2) is 22.5 Å². The lowest BCUT2D eigenvalue weighted by molar-refractivity contribution is -0.120. The Bertz CT molecular complexity index is 385. The Hall–Kier alpha value is -0.640. The van der Waals surface area contributed by atoms with Crippen LogP contribution in [0.5, 0.6) is 0 Å². The number of nitrogens with zero attached hydrogens (tertiary/aromatic N) is 2. The van der Waals surface area contributed by atoms with Crippen molar-refractivity contribution in [1.82, 2.24) is 0 Å². The number of rotatable bonds is 2. The van der Waals surface area contributed by atoms with E-state index < -0.39 is 0 Å². The fourth-order valence-corrected chi connectivity index (χ4v) is 3.69. The van der Waals surface area contributed by atoms with Crippen LogP contribution in [0.4, 0.5) is 0 Å². The van der Waals surface area contributed by atoms with Crippen molar-refractivity contribution in [3.8, 4) is 0 Å². The van der Waals surface area contributed by atoms with Crippen molar-refractivity contribution in [2.24, 2.45) is 21.8 Å². The molecule has 0 saturated heterocycles. The van der Waals surface area contributed by atoms with Crippen molar-refractivity contribution >= 4 is 28.5 Å². The Morgan fingerprint density at radius 1 is 1.12 bits per heavy atom. The van der Waals surface area contributed by atoms with Crippen LogP contribution in [-0.2, 0) is 4.79 Å². The van der Waals surface area contributed by atoms with Crippen molar-refractivity contribution in [3.05, 3.63) is 0 Å². The van der Waals surface area contributed by atoms with Crippen molar-refractivity contribution in [2.45, 2.75) is 44.9 Å². The molecular weight excluding hydrogens is 232 g/mol. The van der Waals surface area contributed by atoms with Gasteiger partial charge in [-0.2, -0.15) is 4.99 Å². The molecule has 1 amide bonds. The van der Waals surface area contributed by atoms with E-state index in [0.717, 1.165) is 41.8 Å². The summed E-state index contributed by atoms with van der Waals surface area (Å²) in [7, 11) is 0. The second kappa shape index (κ2) is 4.92. The number of thioether (sulfide) groups is 1. The van der Waals surface area contributed by atoms with Crippen molar-refractivity contribution < 1.29 is 4.79 Å². The molecule has 92 valence electrons. The summed E-state index contributed by atoms with van der Waals surface area (Å²) >= 11 is 1.68. The SMILES string of the molecule is O=C1N=C(SCC2CCC2)N=C2CCCCC12. The zero-order valence-electron chi connectivity index (χ0n) is 10.0. The molecule has 0 spiro atoms. The summed E-state index contributed by atoms with van der Waals surface area (Å²) in [5.41, 5.74) is 1.10. The number of hydrogen-bond donors (Lipinski definition) is 0. The molecule has 0 aromatic heterocycles. The summed E-state index contributed by atoms with van der Waals surface area (Å²) in [6.45, 7) is 0. The first kappa shape index (κ1) is 11.5. The van der Waals surface area contributed by atoms with E-state index in [2.05, 4.69) is 9.98 Å². The maximum absolute atomic E-state index is 11.9. The zero-order valence-corrected chi connectivity index (χ0v) is 10.8. The number of carbonyl (C=O) groups is 1. The van der Waals surface area contributed by atoms with Gasteiger partial charge in [0.25, 0.3) is 5.91 Å². The first-order valence-electron chi connectivity index (χ1n) is 6.66. The maximum atomic E-state index is 11.9. The summed E-state index contributed by atoms with van der Waals surface area (Å²) in [5.74, 6) is 2.01. The molecule has 0 N–H and O–H groups in total. The first-order chi connectivity index (χ1) is 8.33. The molecule has 4 heteroatoms. The summed E-state index contributed by atoms with van der Waals surface area (Å²) < 4.78 is 0. The number of amidine groups is 1. The molecule has 0 radical (unpaired) electrons. The summed E-state index contributed by atoms with van der Waals surface area (Å²) in [5, 5.41) is 0.732. The summed E-state index contributed by atoms with van der Waals surface area (Å²) in [6, 6.07) is 0. The topological polar surface area (TPSA) is 41.8 Å². The Labute approximate surface area is 106 Å². The van der Waals surface area contributed by atoms with Gasteiger partial charge in [0.2, 0.25) is 0 Å². The summed E-state index contributed by atoms with van der Waals surface area (Å²) in [6.07, 6.45) is 8.34. The number of hydrogen-bond acceptors (Lipinski definition) is 3. The zero-order chi connectivity index (χ0) is 11.7. The number of fused-ring (bicyclic) bond motifs is 1. The third-order valence-electron chi connectivity index (χ3n) is 3.99. The maximum Gasteiger partial charge on any atom is 0.256 e. The minimum Gasteiger partial charge on any atom is -0.272 e. The molecule has 1 heterocycles. The number of amides is 1. The van der Waals surface area contributed by atoms with Crippen molar-refractivity contribution in [3.63, 3.8) is 0 Å². The molecule has 17 heavy (non-hydrogen) atoms. The van der Waals surface area contributed by atoms with Gasteiger partial charge in [0.05, 0.1) is 5.92 Å². The first-order valence-corrected chi connectivity index (χ1v) is 7.64. The van der Waals surface area contributed by atoms with E-state index in [1.165, 1.54) is 25.7 Å². The standard InChI is InChI=1S/C13H18N2OS/c16-12-10-6-1-2-7-11(10)14-13(15-12)17-8-9-4-3-5-9/h9-10H,1-8H2. The van der Waals surface area contributed by atoms with Gasteiger partial charge in [0, 0.05) is 11.5 Å². The quantitative estimate of drug-likeness (QED) is 0.756. The van der Waals surface area contributed by atoms with Gasteiger partial charge in [0.1, 0.15) is 0 Å². The van der Waals surface area contributed by atoms with Gasteiger partial charge < -0.3 is 0 Å². The second-order valence-corrected chi connectivity index (χ2v) is 6.23. The second-order valence-electron chi connectivity index (χ2n) is 5.24. The highest BCUT2D eigenvalue weighted by molar-refractivity contribution is 8.13. The van der Waals surface area contributed by atoms with Gasteiger partial charge in [-0.15, -0.1) is 0 Å². The molecule has 0 aromatic carbocycles. The van der Waals surface area contributed by atoms with Crippen LogP contribution < -0.4 is 0 Å². The van der Waals surface area contributed by atoms with Gasteiger partial charge >= 0.3 is 0 Å². The highest BCUT2D eigenvalue weighted by Gasteiger charge is 2.31. The molecule has 0 bridgehead atoms. The average Bonchev–Trinajstić information content (AvgIpc) is 2.27. The molecule has 2 saturated carbocycles. The lowest BCUT2D eigenvalue weighted by Gasteiger charge is -2.26. The fourth-order valence-electron chi connectivity index (χ4n) is 2.63. The largest absolute Gasteiger partial charge is 0.272 e. The molecule has 3 nitrogen and oxygen atoms in total. The minimum absolute atomic E-state index is 0.0248. The van der Waals surface area contributed by atoms with E-state index in [9.17, 15) is 4.79 Å². The predicted molar refractivity (Wildman–Crippen MR) is 71.6 cm³/mol. The normalized spacial score (nSPS) is 29.2. The Balaban J connectivity index is 1.64. The van der Waals surface area contributed by atoms with E-state index >= 15 is 0 Å². The molecule has 2 aliphatic carbocycles. The van der Waals surface area contributed by atoms with Crippen LogP contribution in [0.25, 0.3) is 0 Å². The van der Waals surface area contributed by atoms with Crippen LogP contribution in [0.1, 0.15) is 44.9 Å². The molecule has 1 unspecified atom stereocenters. The minimum atomic E-state index is 0.0248. The van der Waals surface area contributed by atoms with Gasteiger partial charge in [-0.05, 0) is 38.0 Å². The fraction of sp³-hybridized carbons (Fsp3) is 0.769. The van der Waals surface area contributed by atoms with E-state index in [0.29, 0.717) is 0 Å². The highest BCUT2D eigenvalue weighted by atomic mass is 32.2. The smallest absolute Gasteiger partial charge is 0.256 e. The van der Waals surface area contributed by atoms with Crippen LogP contribution in [0.3, 0.4) is 0 Å². The van der Waals surface area contributed by atoms with E-state index in [1.54, 1.807) is 11.8 Å². The lowest BCUT2D eigenvalue weighted by atomic mass is 9.86. The Morgan fingerprint density at radius 3 is 2.76 bits per heavy atom. The number of carbonyl (C=O) groups excluding carboxylic acids is 1. The Morgan fingerprint density at radius 2 is 2.00 bits per heavy atom. The molecular formula is C13H18N2OS. The van der Waals surface area contributed by atoms with Crippen LogP contribution >= 0.6 is 11.8 Å². The molecule has 3 aliphatic rings. The van der Waals surface area contributed by atoms with Crippen LogP contribution in [0.2, 0.25) is 0 Å². The van der Waals surface area contributed by atoms with E-state index in [4.69, 9.17) is 0 Å². The van der Waals surface area contributed by atoms with Crippen LogP contribution in [0.15, 0.2) is 9.98 Å². The van der Waals surface area contributed by atoms with Gasteiger partial charge in [-0.25, -0.2) is 4.99 Å². The van der Waals surface area contributed by atoms with Gasteiger partial charge in [-0.1, -0.05) is 24.6 Å². The highest BCUT2D eigenvalue weighted by Crippen LogP contribution is 2.32. The monoisotopic (exact) mass is 250 g/mol. The molecule has 1 atom stereocenters. The van der Waals surface area contributed by atoms with Crippen LogP contribution in [0, 0.1) is 11.8 Å². The number of aliphatic imine (C=N–C) groups is 2. The van der Waals surface area contributed by atoms with E-state index in [1.807, 2.05) is 0 Å². The third kappa shape index (κ3) is 2.46. The average molecular weight is 250 g/mol. The Kier molecular flexibility index (Phi) is 3.32. The molecule has 1 aliphatic heterocycles. The third-order valence-corrected chi connectivity index (χ3v) is 5.07. The van der Waals surface area contributed by atoms with Crippen molar-refractivity contribution in [1.29, 1.82) is 0 Å². The van der Waals surface area contributed by atoms with Gasteiger partial charge in [0.15, 0.2) is 5.17 Å². The predicted octanol–water partition coefficient (Wildman–Crippen LogP) is 3.05. The molecule has 2 fully saturated rings. The summed E-state index contributed by atoms with van der Waals surface area (Å²) in [4.78, 5) is 20.6. The van der Waals surface area contributed by atoms with Gasteiger partial charge in [-0.3, -0.25) is 4.79 Å².